The Kier molecular flexibility index (Phi) is 4.06. The van der Waals surface area contributed by atoms with Gasteiger partial charge in [0.05, 0.1) is 0 Å². The maximum Gasteiger partial charge on any atom is 0.135 e. The van der Waals surface area contributed by atoms with Crippen molar-refractivity contribution >= 4 is 0 Å². The van der Waals surface area contributed by atoms with Crippen molar-refractivity contribution in [3.8, 4) is 0 Å². The molecule has 2 atom stereocenters. The molecule has 0 saturated carbocycles. The number of aromatic nitrogens is 3. The SMILES string of the molecule is Cc1nnc(C(C)C)n1C1CC2CCC(C1)N2CC(C)(C)N. The minimum Gasteiger partial charge on any atom is -0.324 e. The van der Waals surface area contributed by atoms with Crippen molar-refractivity contribution in [1.82, 2.24) is 19.7 Å². The molecule has 5 heteroatoms. The molecule has 22 heavy (non-hydrogen) atoms. The summed E-state index contributed by atoms with van der Waals surface area (Å²) >= 11 is 0. The summed E-state index contributed by atoms with van der Waals surface area (Å²) < 4.78 is 2.42. The molecule has 2 unspecified atom stereocenters. The minimum atomic E-state index is -0.108. The van der Waals surface area contributed by atoms with Crippen LogP contribution in [0.1, 0.15) is 77.0 Å². The second-order valence-electron chi connectivity index (χ2n) is 8.30. The molecule has 0 radical (unpaired) electrons. The fraction of sp³-hybridized carbons (Fsp3) is 0.882. The smallest absolute Gasteiger partial charge is 0.135 e. The predicted molar refractivity (Wildman–Crippen MR) is 88.9 cm³/mol. The molecule has 1 aromatic rings. The van der Waals surface area contributed by atoms with Crippen molar-refractivity contribution < 1.29 is 0 Å². The Morgan fingerprint density at radius 3 is 2.23 bits per heavy atom. The summed E-state index contributed by atoms with van der Waals surface area (Å²) in [5.74, 6) is 2.65. The van der Waals surface area contributed by atoms with Crippen LogP contribution < -0.4 is 5.73 Å². The van der Waals surface area contributed by atoms with E-state index in [-0.39, 0.29) is 5.54 Å². The van der Waals surface area contributed by atoms with E-state index in [9.17, 15) is 0 Å². The zero-order valence-corrected chi connectivity index (χ0v) is 14.7. The Bertz CT molecular complexity index is 514. The van der Waals surface area contributed by atoms with Crippen molar-refractivity contribution in [2.75, 3.05) is 6.54 Å². The van der Waals surface area contributed by atoms with Crippen molar-refractivity contribution in [3.05, 3.63) is 11.6 Å². The normalized spacial score (nSPS) is 29.5. The third-order valence-corrected chi connectivity index (χ3v) is 5.22. The lowest BCUT2D eigenvalue weighted by molar-refractivity contribution is 0.0857. The Morgan fingerprint density at radius 2 is 1.73 bits per heavy atom. The molecule has 2 fully saturated rings. The van der Waals surface area contributed by atoms with E-state index in [1.807, 2.05) is 0 Å². The molecule has 2 aliphatic rings. The molecule has 3 rings (SSSR count). The summed E-state index contributed by atoms with van der Waals surface area (Å²) in [6.07, 6.45) is 5.06. The zero-order chi connectivity index (χ0) is 16.1. The van der Waals surface area contributed by atoms with Crippen molar-refractivity contribution in [3.63, 3.8) is 0 Å². The molecule has 2 bridgehead atoms. The van der Waals surface area contributed by atoms with E-state index in [1.165, 1.54) is 25.7 Å². The number of hydrogen-bond donors (Lipinski definition) is 1. The Morgan fingerprint density at radius 1 is 1.14 bits per heavy atom. The lowest BCUT2D eigenvalue weighted by Crippen LogP contribution is -2.52. The van der Waals surface area contributed by atoms with Gasteiger partial charge in [-0.25, -0.2) is 0 Å². The van der Waals surface area contributed by atoms with Gasteiger partial charge in [0.2, 0.25) is 0 Å². The number of piperidine rings is 1. The monoisotopic (exact) mass is 305 g/mol. The van der Waals surface area contributed by atoms with Crippen LogP contribution in [0.15, 0.2) is 0 Å². The number of aryl methyl sites for hydroxylation is 1. The number of fused-ring (bicyclic) bond motifs is 2. The topological polar surface area (TPSA) is 60.0 Å². The summed E-state index contributed by atoms with van der Waals surface area (Å²) in [7, 11) is 0. The maximum absolute atomic E-state index is 6.27. The lowest BCUT2D eigenvalue weighted by Gasteiger charge is -2.42. The summed E-state index contributed by atoms with van der Waals surface area (Å²) in [6, 6.07) is 1.91. The molecular weight excluding hydrogens is 274 g/mol. The van der Waals surface area contributed by atoms with Crippen LogP contribution in [0.5, 0.6) is 0 Å². The number of rotatable bonds is 4. The van der Waals surface area contributed by atoms with Gasteiger partial charge in [0.1, 0.15) is 11.6 Å². The van der Waals surface area contributed by atoms with Crippen LogP contribution in [0.2, 0.25) is 0 Å². The number of hydrogen-bond acceptors (Lipinski definition) is 4. The van der Waals surface area contributed by atoms with Crippen LogP contribution in [0.25, 0.3) is 0 Å². The van der Waals surface area contributed by atoms with E-state index in [1.54, 1.807) is 0 Å². The molecule has 0 aromatic carbocycles. The summed E-state index contributed by atoms with van der Waals surface area (Å²) in [4.78, 5) is 2.67. The van der Waals surface area contributed by atoms with Gasteiger partial charge in [-0.2, -0.15) is 0 Å². The molecule has 2 aliphatic heterocycles. The zero-order valence-electron chi connectivity index (χ0n) is 14.7. The maximum atomic E-state index is 6.27. The average molecular weight is 305 g/mol. The van der Waals surface area contributed by atoms with E-state index >= 15 is 0 Å². The number of nitrogens with two attached hydrogens (primary N) is 1. The first-order valence-electron chi connectivity index (χ1n) is 8.72. The van der Waals surface area contributed by atoms with Gasteiger partial charge in [-0.1, -0.05) is 13.8 Å². The van der Waals surface area contributed by atoms with Gasteiger partial charge in [0.15, 0.2) is 0 Å². The van der Waals surface area contributed by atoms with Gasteiger partial charge in [-0.05, 0) is 46.5 Å². The highest BCUT2D eigenvalue weighted by Gasteiger charge is 2.43. The Labute approximate surface area is 134 Å². The van der Waals surface area contributed by atoms with Gasteiger partial charge < -0.3 is 10.3 Å². The molecule has 0 amide bonds. The van der Waals surface area contributed by atoms with Gasteiger partial charge >= 0.3 is 0 Å². The average Bonchev–Trinajstić information content (AvgIpc) is 2.86. The van der Waals surface area contributed by atoms with Crippen molar-refractivity contribution in [2.45, 2.75) is 89.9 Å². The highest BCUT2D eigenvalue weighted by atomic mass is 15.3. The molecule has 1 aromatic heterocycles. The van der Waals surface area contributed by atoms with Gasteiger partial charge in [0, 0.05) is 36.1 Å². The Balaban J connectivity index is 1.80. The van der Waals surface area contributed by atoms with E-state index in [0.717, 1.165) is 18.2 Å². The van der Waals surface area contributed by atoms with E-state index in [0.29, 0.717) is 24.0 Å². The third-order valence-electron chi connectivity index (χ3n) is 5.22. The van der Waals surface area contributed by atoms with Crippen molar-refractivity contribution in [1.29, 1.82) is 0 Å². The second-order valence-corrected chi connectivity index (χ2v) is 8.30. The quantitative estimate of drug-likeness (QED) is 0.929. The van der Waals surface area contributed by atoms with Gasteiger partial charge in [0.25, 0.3) is 0 Å². The molecule has 3 heterocycles. The number of nitrogens with zero attached hydrogens (tertiary/aromatic N) is 4. The van der Waals surface area contributed by atoms with Crippen LogP contribution in [-0.2, 0) is 0 Å². The van der Waals surface area contributed by atoms with Crippen molar-refractivity contribution in [2.24, 2.45) is 5.73 Å². The Hall–Kier alpha value is -0.940. The molecule has 124 valence electrons. The summed E-state index contributed by atoms with van der Waals surface area (Å²) in [6.45, 7) is 11.8. The molecule has 0 aliphatic carbocycles. The highest BCUT2D eigenvalue weighted by molar-refractivity contribution is 5.06. The largest absolute Gasteiger partial charge is 0.324 e. The second kappa shape index (κ2) is 5.60. The highest BCUT2D eigenvalue weighted by Crippen LogP contribution is 2.42. The lowest BCUT2D eigenvalue weighted by atomic mass is 9.94. The molecule has 0 spiro atoms. The molecule has 2 N–H and O–H groups in total. The minimum absolute atomic E-state index is 0.108. The van der Waals surface area contributed by atoms with Crippen LogP contribution in [-0.4, -0.2) is 43.8 Å². The first kappa shape index (κ1) is 15.9. The standard InChI is InChI=1S/C17H31N5/c1-11(2)16-20-19-12(3)22(16)15-8-13-6-7-14(9-15)21(13)10-17(4,5)18/h11,13-15H,6-10,18H2,1-5H3. The fourth-order valence-corrected chi connectivity index (χ4v) is 4.42. The third kappa shape index (κ3) is 2.93. The summed E-state index contributed by atoms with van der Waals surface area (Å²) in [5, 5.41) is 8.76. The van der Waals surface area contributed by atoms with Crippen LogP contribution >= 0.6 is 0 Å². The van der Waals surface area contributed by atoms with Crippen LogP contribution in [0.4, 0.5) is 0 Å². The van der Waals surface area contributed by atoms with Gasteiger partial charge in [-0.3, -0.25) is 4.90 Å². The van der Waals surface area contributed by atoms with Crippen LogP contribution in [0.3, 0.4) is 0 Å². The van der Waals surface area contributed by atoms with E-state index in [2.05, 4.69) is 54.3 Å². The molecule has 2 saturated heterocycles. The fourth-order valence-electron chi connectivity index (χ4n) is 4.42. The molecule has 5 nitrogen and oxygen atoms in total. The first-order valence-corrected chi connectivity index (χ1v) is 8.72. The van der Waals surface area contributed by atoms with E-state index in [4.69, 9.17) is 5.73 Å². The molecular formula is C17H31N5. The first-order chi connectivity index (χ1) is 10.3. The summed E-state index contributed by atoms with van der Waals surface area (Å²) in [5.41, 5.74) is 6.16. The predicted octanol–water partition coefficient (Wildman–Crippen LogP) is 2.62. The van der Waals surface area contributed by atoms with E-state index < -0.39 is 0 Å². The van der Waals surface area contributed by atoms with Gasteiger partial charge in [-0.15, -0.1) is 10.2 Å². The van der Waals surface area contributed by atoms with Crippen LogP contribution in [0, 0.1) is 6.92 Å².